The van der Waals surface area contributed by atoms with Gasteiger partial charge in [0.2, 0.25) is 0 Å². The van der Waals surface area contributed by atoms with Gasteiger partial charge in [-0.3, -0.25) is 4.79 Å². The zero-order chi connectivity index (χ0) is 9.68. The summed E-state index contributed by atoms with van der Waals surface area (Å²) in [5.74, 6) is 0.111. The lowest BCUT2D eigenvalue weighted by Crippen LogP contribution is -1.97. The molecular formula is C11H11NO. The van der Waals surface area contributed by atoms with Crippen LogP contribution >= 0.6 is 0 Å². The first kappa shape index (κ1) is 9.47. The molecule has 0 spiro atoms. The number of ketones is 1. The van der Waals surface area contributed by atoms with Gasteiger partial charge in [0.05, 0.1) is 11.6 Å². The normalized spacial score (nSPS) is 9.23. The van der Waals surface area contributed by atoms with E-state index in [4.69, 9.17) is 5.26 Å². The zero-order valence-electron chi connectivity index (χ0n) is 7.58. The Labute approximate surface area is 77.8 Å². The van der Waals surface area contributed by atoms with Crippen LogP contribution in [0.5, 0.6) is 0 Å². The highest BCUT2D eigenvalue weighted by Gasteiger charge is 2.04. The maximum Gasteiger partial charge on any atom is 0.162 e. The summed E-state index contributed by atoms with van der Waals surface area (Å²) in [6.45, 7) is 1.96. The first-order valence-electron chi connectivity index (χ1n) is 4.31. The lowest BCUT2D eigenvalue weighted by molar-refractivity contribution is 0.0981. The SMILES string of the molecule is CCCC(=O)c1cccc(C#N)c1. The first-order chi connectivity index (χ1) is 6.27. The number of carbonyl (C=O) groups is 1. The Bertz CT molecular complexity index is 349. The molecule has 1 aromatic rings. The van der Waals surface area contributed by atoms with Crippen LogP contribution in [0.1, 0.15) is 35.7 Å². The minimum Gasteiger partial charge on any atom is -0.294 e. The monoisotopic (exact) mass is 173 g/mol. The lowest BCUT2D eigenvalue weighted by atomic mass is 10.0. The smallest absolute Gasteiger partial charge is 0.162 e. The van der Waals surface area contributed by atoms with Crippen LogP contribution in [0.2, 0.25) is 0 Å². The molecule has 0 aliphatic carbocycles. The van der Waals surface area contributed by atoms with Gasteiger partial charge in [-0.15, -0.1) is 0 Å². The molecule has 0 aliphatic heterocycles. The Morgan fingerprint density at radius 3 is 2.92 bits per heavy atom. The highest BCUT2D eigenvalue weighted by Crippen LogP contribution is 2.07. The van der Waals surface area contributed by atoms with Crippen LogP contribution in [0, 0.1) is 11.3 Å². The van der Waals surface area contributed by atoms with E-state index in [1.54, 1.807) is 24.3 Å². The summed E-state index contributed by atoms with van der Waals surface area (Å²) in [4.78, 5) is 11.4. The van der Waals surface area contributed by atoms with E-state index < -0.39 is 0 Å². The van der Waals surface area contributed by atoms with Crippen molar-refractivity contribution in [3.63, 3.8) is 0 Å². The van der Waals surface area contributed by atoms with Crippen molar-refractivity contribution in [3.05, 3.63) is 35.4 Å². The topological polar surface area (TPSA) is 40.9 Å². The molecule has 0 saturated heterocycles. The van der Waals surface area contributed by atoms with Crippen LogP contribution in [0.25, 0.3) is 0 Å². The van der Waals surface area contributed by atoms with Crippen molar-refractivity contribution in [1.82, 2.24) is 0 Å². The average Bonchev–Trinajstić information content (AvgIpc) is 2.18. The van der Waals surface area contributed by atoms with Gasteiger partial charge in [0.1, 0.15) is 0 Å². The molecule has 2 nitrogen and oxygen atoms in total. The Morgan fingerprint density at radius 2 is 2.31 bits per heavy atom. The summed E-state index contributed by atoms with van der Waals surface area (Å²) in [6.07, 6.45) is 1.39. The molecule has 13 heavy (non-hydrogen) atoms. The number of nitriles is 1. The summed E-state index contributed by atoms with van der Waals surface area (Å²) in [5, 5.41) is 8.61. The molecule has 0 fully saturated rings. The van der Waals surface area contributed by atoms with E-state index in [1.165, 1.54) is 0 Å². The van der Waals surface area contributed by atoms with Gasteiger partial charge < -0.3 is 0 Å². The summed E-state index contributed by atoms with van der Waals surface area (Å²) < 4.78 is 0. The molecule has 2 heteroatoms. The van der Waals surface area contributed by atoms with Crippen LogP contribution in [-0.4, -0.2) is 5.78 Å². The van der Waals surface area contributed by atoms with Gasteiger partial charge >= 0.3 is 0 Å². The highest BCUT2D eigenvalue weighted by atomic mass is 16.1. The molecule has 0 heterocycles. The third-order valence-electron chi connectivity index (χ3n) is 1.79. The minimum absolute atomic E-state index is 0.111. The van der Waals surface area contributed by atoms with Crippen molar-refractivity contribution in [2.45, 2.75) is 19.8 Å². The van der Waals surface area contributed by atoms with Gasteiger partial charge in [-0.2, -0.15) is 5.26 Å². The predicted molar refractivity (Wildman–Crippen MR) is 50.4 cm³/mol. The molecule has 0 aromatic heterocycles. The third-order valence-corrected chi connectivity index (χ3v) is 1.79. The van der Waals surface area contributed by atoms with E-state index in [0.29, 0.717) is 17.5 Å². The number of hydrogen-bond acceptors (Lipinski definition) is 2. The number of hydrogen-bond donors (Lipinski definition) is 0. The summed E-state index contributed by atoms with van der Waals surface area (Å²) >= 11 is 0. The number of nitrogens with zero attached hydrogens (tertiary/aromatic N) is 1. The van der Waals surface area contributed by atoms with Crippen molar-refractivity contribution in [2.24, 2.45) is 0 Å². The highest BCUT2D eigenvalue weighted by molar-refractivity contribution is 5.96. The summed E-state index contributed by atoms with van der Waals surface area (Å²) in [6, 6.07) is 8.83. The quantitative estimate of drug-likeness (QED) is 0.659. The van der Waals surface area contributed by atoms with E-state index in [-0.39, 0.29) is 5.78 Å². The number of benzene rings is 1. The Kier molecular flexibility index (Phi) is 3.22. The van der Waals surface area contributed by atoms with Gasteiger partial charge in [0.25, 0.3) is 0 Å². The molecule has 0 radical (unpaired) electrons. The second-order valence-electron chi connectivity index (χ2n) is 2.87. The molecule has 0 amide bonds. The van der Waals surface area contributed by atoms with Gasteiger partial charge in [-0.25, -0.2) is 0 Å². The molecule has 1 rings (SSSR count). The molecule has 0 N–H and O–H groups in total. The Morgan fingerprint density at radius 1 is 1.54 bits per heavy atom. The van der Waals surface area contributed by atoms with E-state index >= 15 is 0 Å². The van der Waals surface area contributed by atoms with E-state index in [0.717, 1.165) is 6.42 Å². The average molecular weight is 173 g/mol. The molecule has 66 valence electrons. The Balaban J connectivity index is 2.90. The fraction of sp³-hybridized carbons (Fsp3) is 0.273. The fourth-order valence-corrected chi connectivity index (χ4v) is 1.13. The van der Waals surface area contributed by atoms with Gasteiger partial charge in [-0.1, -0.05) is 19.1 Å². The maximum absolute atomic E-state index is 11.4. The van der Waals surface area contributed by atoms with Crippen LogP contribution < -0.4 is 0 Å². The number of carbonyl (C=O) groups excluding carboxylic acids is 1. The van der Waals surface area contributed by atoms with Crippen molar-refractivity contribution >= 4 is 5.78 Å². The zero-order valence-corrected chi connectivity index (χ0v) is 7.58. The van der Waals surface area contributed by atoms with Crippen molar-refractivity contribution in [1.29, 1.82) is 5.26 Å². The van der Waals surface area contributed by atoms with E-state index in [9.17, 15) is 4.79 Å². The molecule has 0 saturated carbocycles. The number of Topliss-reactive ketones (excluding diaryl/α,β-unsaturated/α-hetero) is 1. The van der Waals surface area contributed by atoms with Gasteiger partial charge in [0, 0.05) is 12.0 Å². The van der Waals surface area contributed by atoms with E-state index in [2.05, 4.69) is 0 Å². The van der Waals surface area contributed by atoms with Crippen molar-refractivity contribution in [3.8, 4) is 6.07 Å². The third kappa shape index (κ3) is 2.41. The summed E-state index contributed by atoms with van der Waals surface area (Å²) in [7, 11) is 0. The number of rotatable bonds is 3. The largest absolute Gasteiger partial charge is 0.294 e. The van der Waals surface area contributed by atoms with Gasteiger partial charge in [0.15, 0.2) is 5.78 Å². The standard InChI is InChI=1S/C11H11NO/c1-2-4-11(13)10-6-3-5-9(7-10)8-12/h3,5-7H,2,4H2,1H3. The molecule has 0 bridgehead atoms. The van der Waals surface area contributed by atoms with E-state index in [1.807, 2.05) is 13.0 Å². The lowest BCUT2D eigenvalue weighted by Gasteiger charge is -1.98. The maximum atomic E-state index is 11.4. The van der Waals surface area contributed by atoms with Crippen LogP contribution in [-0.2, 0) is 0 Å². The van der Waals surface area contributed by atoms with Gasteiger partial charge in [-0.05, 0) is 18.6 Å². The summed E-state index contributed by atoms with van der Waals surface area (Å²) in [5.41, 5.74) is 1.18. The Hall–Kier alpha value is -1.62. The van der Waals surface area contributed by atoms with Crippen LogP contribution in [0.4, 0.5) is 0 Å². The second kappa shape index (κ2) is 4.42. The molecule has 0 atom stereocenters. The van der Waals surface area contributed by atoms with Crippen molar-refractivity contribution in [2.75, 3.05) is 0 Å². The first-order valence-corrected chi connectivity index (χ1v) is 4.31. The fourth-order valence-electron chi connectivity index (χ4n) is 1.13. The van der Waals surface area contributed by atoms with Crippen molar-refractivity contribution < 1.29 is 4.79 Å². The minimum atomic E-state index is 0.111. The molecule has 0 unspecified atom stereocenters. The molecule has 1 aromatic carbocycles. The second-order valence-corrected chi connectivity index (χ2v) is 2.87. The molecule has 0 aliphatic rings. The van der Waals surface area contributed by atoms with Crippen LogP contribution in [0.3, 0.4) is 0 Å². The predicted octanol–water partition coefficient (Wildman–Crippen LogP) is 2.54. The molecular weight excluding hydrogens is 162 g/mol. The van der Waals surface area contributed by atoms with Crippen LogP contribution in [0.15, 0.2) is 24.3 Å².